The Morgan fingerprint density at radius 3 is 2.69 bits per heavy atom. The van der Waals surface area contributed by atoms with Gasteiger partial charge in [0.1, 0.15) is 11.5 Å². The number of thioether (sulfide) groups is 1. The van der Waals surface area contributed by atoms with E-state index in [0.29, 0.717) is 32.0 Å². The lowest BCUT2D eigenvalue weighted by atomic mass is 9.86. The van der Waals surface area contributed by atoms with Crippen LogP contribution in [0.2, 0.25) is 0 Å². The van der Waals surface area contributed by atoms with Crippen molar-refractivity contribution in [2.24, 2.45) is 11.8 Å². The molecule has 0 bridgehead atoms. The quantitative estimate of drug-likeness (QED) is 0.693. The van der Waals surface area contributed by atoms with E-state index >= 15 is 0 Å². The van der Waals surface area contributed by atoms with E-state index < -0.39 is 5.66 Å². The summed E-state index contributed by atoms with van der Waals surface area (Å²) in [5, 5.41) is 2.26. The molecule has 3 unspecified atom stereocenters. The smallest absolute Gasteiger partial charge is 0.272 e. The Bertz CT molecular complexity index is 1000. The highest BCUT2D eigenvalue weighted by atomic mass is 32.2. The molecule has 1 aromatic carbocycles. The molecule has 3 atom stereocenters. The van der Waals surface area contributed by atoms with Crippen molar-refractivity contribution in [3.8, 4) is 0 Å². The minimum Gasteiger partial charge on any atom is -0.349 e. The monoisotopic (exact) mass is 453 g/mol. The first-order valence-electron chi connectivity index (χ1n) is 11.8. The summed E-state index contributed by atoms with van der Waals surface area (Å²) in [4.78, 5) is 33.4. The van der Waals surface area contributed by atoms with Gasteiger partial charge in [-0.3, -0.25) is 9.59 Å². The highest BCUT2D eigenvalue weighted by molar-refractivity contribution is 8.03. The Labute approximate surface area is 192 Å². The molecule has 4 aliphatic heterocycles. The van der Waals surface area contributed by atoms with E-state index in [4.69, 9.17) is 0 Å². The van der Waals surface area contributed by atoms with E-state index in [0.717, 1.165) is 24.1 Å². The minimum atomic E-state index is -0.883. The third kappa shape index (κ3) is 2.96. The number of rotatable bonds is 3. The zero-order valence-corrected chi connectivity index (χ0v) is 18.9. The number of fused-ring (bicyclic) bond motifs is 4. The summed E-state index contributed by atoms with van der Waals surface area (Å²) in [7, 11) is 0. The lowest BCUT2D eigenvalue weighted by Gasteiger charge is -2.51. The maximum Gasteiger partial charge on any atom is 0.272 e. The van der Waals surface area contributed by atoms with Crippen LogP contribution in [-0.2, 0) is 15.3 Å². The summed E-state index contributed by atoms with van der Waals surface area (Å²) in [6.45, 7) is 1.56. The molecule has 0 spiro atoms. The molecule has 5 aliphatic rings. The Balaban J connectivity index is 1.40. The molecule has 0 aromatic heterocycles. The Morgan fingerprint density at radius 1 is 1.12 bits per heavy atom. The highest BCUT2D eigenvalue weighted by Crippen LogP contribution is 2.50. The number of halogens is 1. The number of carbonyl (C=O) groups excluding carboxylic acids is 2. The topological polar surface area (TPSA) is 43.9 Å². The van der Waals surface area contributed by atoms with E-state index in [1.807, 2.05) is 9.80 Å². The summed E-state index contributed by atoms with van der Waals surface area (Å²) >= 11 is 1.73. The van der Waals surface area contributed by atoms with Crippen molar-refractivity contribution in [2.45, 2.75) is 49.6 Å². The summed E-state index contributed by atoms with van der Waals surface area (Å²) in [6.07, 6.45) is 10.6. The largest absolute Gasteiger partial charge is 0.349 e. The van der Waals surface area contributed by atoms with Crippen molar-refractivity contribution in [1.82, 2.24) is 14.7 Å². The van der Waals surface area contributed by atoms with E-state index in [1.54, 1.807) is 23.9 Å². The average molecular weight is 454 g/mol. The third-order valence-electron chi connectivity index (χ3n) is 7.91. The second-order valence-corrected chi connectivity index (χ2v) is 10.7. The molecule has 2 amide bonds. The first kappa shape index (κ1) is 20.3. The lowest BCUT2D eigenvalue weighted by molar-refractivity contribution is -0.155. The molecule has 32 heavy (non-hydrogen) atoms. The maximum absolute atomic E-state index is 13.8. The van der Waals surface area contributed by atoms with Gasteiger partial charge < -0.3 is 14.7 Å². The Morgan fingerprint density at radius 2 is 1.91 bits per heavy atom. The summed E-state index contributed by atoms with van der Waals surface area (Å²) in [6, 6.07) is 6.39. The van der Waals surface area contributed by atoms with Crippen LogP contribution in [0.4, 0.5) is 4.39 Å². The van der Waals surface area contributed by atoms with Gasteiger partial charge in [0, 0.05) is 31.0 Å². The number of amides is 2. The second-order valence-electron chi connectivity index (χ2n) is 9.65. The van der Waals surface area contributed by atoms with Crippen molar-refractivity contribution in [3.05, 3.63) is 58.9 Å². The average Bonchev–Trinajstić information content (AvgIpc) is 3.49. The molecule has 2 saturated heterocycles. The predicted molar refractivity (Wildman–Crippen MR) is 121 cm³/mol. The molecule has 1 aromatic rings. The summed E-state index contributed by atoms with van der Waals surface area (Å²) in [5.41, 5.74) is 0.683. The SMILES string of the molecule is O=C(CC1CCCCC1)N1CCN2C(=O)C3=CC4C=CSC4N3CC12c1ccc(F)cc1. The van der Waals surface area contributed by atoms with Crippen LogP contribution in [0.5, 0.6) is 0 Å². The van der Waals surface area contributed by atoms with Gasteiger partial charge in [0.15, 0.2) is 5.66 Å². The van der Waals surface area contributed by atoms with Crippen molar-refractivity contribution < 1.29 is 14.0 Å². The van der Waals surface area contributed by atoms with Gasteiger partial charge in [-0.1, -0.05) is 37.5 Å². The Kier molecular flexibility index (Phi) is 4.86. The Hall–Kier alpha value is -2.28. The molecule has 4 heterocycles. The van der Waals surface area contributed by atoms with Gasteiger partial charge in [-0.2, -0.15) is 0 Å². The van der Waals surface area contributed by atoms with Gasteiger partial charge in [-0.25, -0.2) is 4.39 Å². The van der Waals surface area contributed by atoms with Crippen LogP contribution in [0.1, 0.15) is 44.1 Å². The number of hydrogen-bond acceptors (Lipinski definition) is 4. The number of piperazine rings is 1. The van der Waals surface area contributed by atoms with E-state index in [2.05, 4.69) is 22.5 Å². The van der Waals surface area contributed by atoms with Crippen LogP contribution in [0.25, 0.3) is 0 Å². The van der Waals surface area contributed by atoms with Crippen molar-refractivity contribution in [2.75, 3.05) is 19.6 Å². The molecule has 1 aliphatic carbocycles. The van der Waals surface area contributed by atoms with Crippen molar-refractivity contribution in [1.29, 1.82) is 0 Å². The van der Waals surface area contributed by atoms with Gasteiger partial charge in [-0.15, -0.1) is 11.8 Å². The van der Waals surface area contributed by atoms with E-state index in [-0.39, 0.29) is 28.9 Å². The number of carbonyl (C=O) groups is 2. The van der Waals surface area contributed by atoms with Crippen LogP contribution in [0.3, 0.4) is 0 Å². The lowest BCUT2D eigenvalue weighted by Crippen LogP contribution is -2.65. The highest BCUT2D eigenvalue weighted by Gasteiger charge is 2.60. The molecular formula is C25H28FN3O2S. The molecule has 7 heteroatoms. The number of nitrogens with zero attached hydrogens (tertiary/aromatic N) is 3. The molecule has 0 radical (unpaired) electrons. The normalized spacial score (nSPS) is 31.6. The maximum atomic E-state index is 13.8. The molecule has 0 N–H and O–H groups in total. The summed E-state index contributed by atoms with van der Waals surface area (Å²) in [5.74, 6) is 0.440. The van der Waals surface area contributed by atoms with Crippen LogP contribution < -0.4 is 0 Å². The number of benzene rings is 1. The van der Waals surface area contributed by atoms with Crippen molar-refractivity contribution in [3.63, 3.8) is 0 Å². The van der Waals surface area contributed by atoms with Crippen molar-refractivity contribution >= 4 is 23.6 Å². The molecule has 6 rings (SSSR count). The van der Waals surface area contributed by atoms with Gasteiger partial charge >= 0.3 is 0 Å². The standard InChI is InChI=1S/C25H28FN3O2S/c26-20-8-6-19(7-9-20)25-16-27-21(15-18-10-13-32-24(18)27)23(31)29(25)12-11-28(25)22(30)14-17-4-2-1-3-5-17/h6-10,13,15,17-18,24H,1-5,11-12,14,16H2. The zero-order valence-electron chi connectivity index (χ0n) is 18.1. The third-order valence-corrected chi connectivity index (χ3v) is 9.07. The minimum absolute atomic E-state index is 0.0167. The summed E-state index contributed by atoms with van der Waals surface area (Å²) < 4.78 is 13.8. The van der Waals surface area contributed by atoms with E-state index in [9.17, 15) is 14.0 Å². The zero-order chi connectivity index (χ0) is 21.9. The molecule has 168 valence electrons. The molecule has 3 fully saturated rings. The fraction of sp³-hybridized carbons (Fsp3) is 0.520. The fourth-order valence-corrected chi connectivity index (χ4v) is 7.46. The number of hydrogen-bond donors (Lipinski definition) is 0. The van der Waals surface area contributed by atoms with Crippen LogP contribution >= 0.6 is 11.8 Å². The van der Waals surface area contributed by atoms with E-state index in [1.165, 1.54) is 31.4 Å². The van der Waals surface area contributed by atoms with Crippen LogP contribution in [0.15, 0.2) is 47.5 Å². The molecular weight excluding hydrogens is 425 g/mol. The fourth-order valence-electron chi connectivity index (χ4n) is 6.34. The van der Waals surface area contributed by atoms with Crippen LogP contribution in [0, 0.1) is 17.7 Å². The second kappa shape index (κ2) is 7.65. The van der Waals surface area contributed by atoms with Gasteiger partial charge in [0.2, 0.25) is 5.91 Å². The molecule has 1 saturated carbocycles. The van der Waals surface area contributed by atoms with Gasteiger partial charge in [-0.05, 0) is 42.4 Å². The first-order valence-corrected chi connectivity index (χ1v) is 12.7. The van der Waals surface area contributed by atoms with Crippen LogP contribution in [-0.4, -0.2) is 51.5 Å². The van der Waals surface area contributed by atoms with Gasteiger partial charge in [0.05, 0.1) is 11.9 Å². The van der Waals surface area contributed by atoms with Gasteiger partial charge in [0.25, 0.3) is 5.91 Å². The molecule has 5 nitrogen and oxygen atoms in total. The first-order chi connectivity index (χ1) is 15.6. The predicted octanol–water partition coefficient (Wildman–Crippen LogP) is 4.04.